The van der Waals surface area contributed by atoms with Crippen molar-refractivity contribution in [2.24, 2.45) is 0 Å². The lowest BCUT2D eigenvalue weighted by atomic mass is 10.2. The van der Waals surface area contributed by atoms with E-state index in [-0.39, 0.29) is 18.8 Å². The molecule has 1 aliphatic rings. The van der Waals surface area contributed by atoms with E-state index in [0.29, 0.717) is 25.8 Å². The number of benzene rings is 1. The molecule has 1 fully saturated rings. The lowest BCUT2D eigenvalue weighted by Crippen LogP contribution is -2.49. The summed E-state index contributed by atoms with van der Waals surface area (Å²) in [6.07, 6.45) is 1.30. The summed E-state index contributed by atoms with van der Waals surface area (Å²) in [6.45, 7) is 3.54. The Bertz CT molecular complexity index is 619. The Kier molecular flexibility index (Phi) is 5.88. The molecule has 0 N–H and O–H groups in total. The van der Waals surface area contributed by atoms with Crippen LogP contribution in [0.5, 0.6) is 0 Å². The van der Waals surface area contributed by atoms with E-state index in [4.69, 9.17) is 4.74 Å². The fourth-order valence-electron chi connectivity index (χ4n) is 2.43. The van der Waals surface area contributed by atoms with Gasteiger partial charge in [-0.25, -0.2) is 9.18 Å². The number of hydrogen-bond acceptors (Lipinski definition) is 5. The molecule has 0 unspecified atom stereocenters. The maximum Gasteiger partial charge on any atom is 0.409 e. The number of hydrogen-bond donors (Lipinski definition) is 0. The second kappa shape index (κ2) is 7.89. The molecule has 0 aliphatic carbocycles. The van der Waals surface area contributed by atoms with E-state index in [2.05, 4.69) is 0 Å². The van der Waals surface area contributed by atoms with E-state index in [1.54, 1.807) is 4.90 Å². The highest BCUT2D eigenvalue weighted by Crippen LogP contribution is 2.28. The number of ether oxygens (including phenoxy) is 1. The summed E-state index contributed by atoms with van der Waals surface area (Å²) in [5.74, 6) is -1.94. The van der Waals surface area contributed by atoms with Gasteiger partial charge in [-0.05, 0) is 6.42 Å². The van der Waals surface area contributed by atoms with Crippen molar-refractivity contribution in [1.29, 1.82) is 0 Å². The Labute approximate surface area is 137 Å². The van der Waals surface area contributed by atoms with Gasteiger partial charge < -0.3 is 14.5 Å². The Morgan fingerprint density at radius 3 is 2.50 bits per heavy atom. The zero-order valence-corrected chi connectivity index (χ0v) is 13.3. The minimum Gasteiger partial charge on any atom is -0.449 e. The number of rotatable bonds is 5. The number of carbonyl (C=O) groups excluding carboxylic acids is 1. The van der Waals surface area contributed by atoms with Crippen LogP contribution in [0.4, 0.5) is 25.0 Å². The Morgan fingerprint density at radius 2 is 1.92 bits per heavy atom. The highest BCUT2D eigenvalue weighted by atomic mass is 19.1. The number of nitro groups is 1. The van der Waals surface area contributed by atoms with Gasteiger partial charge >= 0.3 is 11.8 Å². The second-order valence-electron chi connectivity index (χ2n) is 5.45. The summed E-state index contributed by atoms with van der Waals surface area (Å²) in [7, 11) is 0. The number of carbonyl (C=O) groups is 1. The van der Waals surface area contributed by atoms with Crippen molar-refractivity contribution >= 4 is 17.5 Å². The normalized spacial score (nSPS) is 14.6. The zero-order chi connectivity index (χ0) is 17.7. The van der Waals surface area contributed by atoms with Crippen molar-refractivity contribution in [1.82, 2.24) is 4.90 Å². The number of piperazine rings is 1. The lowest BCUT2D eigenvalue weighted by molar-refractivity contribution is -0.387. The summed E-state index contributed by atoms with van der Waals surface area (Å²) in [5.41, 5.74) is -0.938. The van der Waals surface area contributed by atoms with Gasteiger partial charge in [-0.3, -0.25) is 10.1 Å². The molecule has 1 heterocycles. The van der Waals surface area contributed by atoms with Gasteiger partial charge in [-0.1, -0.05) is 13.3 Å². The van der Waals surface area contributed by atoms with Crippen molar-refractivity contribution in [3.63, 3.8) is 0 Å². The fraction of sp³-hybridized carbons (Fsp3) is 0.533. The molecule has 0 spiro atoms. The van der Waals surface area contributed by atoms with Crippen molar-refractivity contribution in [2.45, 2.75) is 19.8 Å². The third-order valence-corrected chi connectivity index (χ3v) is 3.81. The molecular weight excluding hydrogens is 324 g/mol. The molecule has 0 saturated carbocycles. The molecule has 0 aromatic heterocycles. The predicted octanol–water partition coefficient (Wildman–Crippen LogP) is 2.93. The van der Waals surface area contributed by atoms with Gasteiger partial charge in [0.15, 0.2) is 5.82 Å². The van der Waals surface area contributed by atoms with E-state index in [1.165, 1.54) is 4.90 Å². The molecule has 0 bridgehead atoms. The maximum absolute atomic E-state index is 14.0. The average Bonchev–Trinajstić information content (AvgIpc) is 2.56. The second-order valence-corrected chi connectivity index (χ2v) is 5.45. The number of halogens is 2. The summed E-state index contributed by atoms with van der Waals surface area (Å²) in [5, 5.41) is 10.6. The third kappa shape index (κ3) is 4.09. The molecular formula is C15H19F2N3O4. The lowest BCUT2D eigenvalue weighted by Gasteiger charge is -2.35. The molecule has 7 nitrogen and oxygen atoms in total. The predicted molar refractivity (Wildman–Crippen MR) is 83.1 cm³/mol. The summed E-state index contributed by atoms with van der Waals surface area (Å²) < 4.78 is 32.8. The van der Waals surface area contributed by atoms with Gasteiger partial charge in [0, 0.05) is 32.2 Å². The molecule has 1 aliphatic heterocycles. The van der Waals surface area contributed by atoms with E-state index < -0.39 is 28.3 Å². The summed E-state index contributed by atoms with van der Waals surface area (Å²) in [6, 6.07) is 1.40. The number of anilines is 1. The Hall–Kier alpha value is -2.45. The number of nitrogens with zero attached hydrogens (tertiary/aromatic N) is 3. The van der Waals surface area contributed by atoms with Crippen molar-refractivity contribution < 1.29 is 23.2 Å². The van der Waals surface area contributed by atoms with E-state index >= 15 is 0 Å². The van der Waals surface area contributed by atoms with Crippen LogP contribution in [0.25, 0.3) is 0 Å². The van der Waals surface area contributed by atoms with E-state index in [1.807, 2.05) is 6.92 Å². The van der Waals surface area contributed by atoms with Crippen LogP contribution in [0.3, 0.4) is 0 Å². The highest BCUT2D eigenvalue weighted by molar-refractivity contribution is 5.68. The highest BCUT2D eigenvalue weighted by Gasteiger charge is 2.26. The van der Waals surface area contributed by atoms with E-state index in [0.717, 1.165) is 18.9 Å². The Balaban J connectivity index is 1.98. The molecule has 1 saturated heterocycles. The van der Waals surface area contributed by atoms with Gasteiger partial charge in [0.2, 0.25) is 5.82 Å². The minimum absolute atomic E-state index is 0.0444. The number of unbranched alkanes of at least 4 members (excludes halogenated alkanes) is 1. The quantitative estimate of drug-likeness (QED) is 0.467. The maximum atomic E-state index is 14.0. The Morgan fingerprint density at radius 1 is 1.25 bits per heavy atom. The van der Waals surface area contributed by atoms with Crippen LogP contribution in [-0.2, 0) is 4.74 Å². The number of amides is 1. The van der Waals surface area contributed by atoms with Gasteiger partial charge in [-0.2, -0.15) is 4.39 Å². The first-order valence-corrected chi connectivity index (χ1v) is 7.74. The summed E-state index contributed by atoms with van der Waals surface area (Å²) in [4.78, 5) is 24.5. The minimum atomic E-state index is -1.09. The third-order valence-electron chi connectivity index (χ3n) is 3.81. The van der Waals surface area contributed by atoms with Crippen LogP contribution in [0.2, 0.25) is 0 Å². The zero-order valence-electron chi connectivity index (χ0n) is 13.3. The van der Waals surface area contributed by atoms with Crippen LogP contribution >= 0.6 is 0 Å². The van der Waals surface area contributed by atoms with Gasteiger partial charge in [0.25, 0.3) is 0 Å². The molecule has 1 amide bonds. The monoisotopic (exact) mass is 343 g/mol. The molecule has 9 heteroatoms. The largest absolute Gasteiger partial charge is 0.449 e. The van der Waals surface area contributed by atoms with Crippen LogP contribution in [0, 0.1) is 21.7 Å². The molecule has 132 valence electrons. The molecule has 1 aromatic rings. The first kappa shape index (κ1) is 17.9. The number of nitro benzene ring substituents is 1. The average molecular weight is 343 g/mol. The standard InChI is InChI=1S/C15H19F2N3O4/c1-2-3-8-24-15(21)19-6-4-18(5-7-19)13-9-12(17)14(20(22)23)10-11(13)16/h9-10H,2-8H2,1H3. The van der Waals surface area contributed by atoms with Crippen molar-refractivity contribution in [3.05, 3.63) is 33.9 Å². The van der Waals surface area contributed by atoms with Crippen molar-refractivity contribution in [2.75, 3.05) is 37.7 Å². The molecule has 1 aromatic carbocycles. The first-order chi connectivity index (χ1) is 11.4. The van der Waals surface area contributed by atoms with E-state index in [9.17, 15) is 23.7 Å². The van der Waals surface area contributed by atoms with Crippen molar-refractivity contribution in [3.8, 4) is 0 Å². The fourth-order valence-corrected chi connectivity index (χ4v) is 2.43. The molecule has 24 heavy (non-hydrogen) atoms. The molecule has 0 atom stereocenters. The molecule has 0 radical (unpaired) electrons. The summed E-state index contributed by atoms with van der Waals surface area (Å²) >= 11 is 0. The van der Waals surface area contributed by atoms with Gasteiger partial charge in [0.1, 0.15) is 0 Å². The topological polar surface area (TPSA) is 75.9 Å². The van der Waals surface area contributed by atoms with Gasteiger partial charge in [0.05, 0.1) is 23.3 Å². The van der Waals surface area contributed by atoms with Crippen LogP contribution in [0.1, 0.15) is 19.8 Å². The molecule has 2 rings (SSSR count). The van der Waals surface area contributed by atoms with Gasteiger partial charge in [-0.15, -0.1) is 0 Å². The van der Waals surface area contributed by atoms with Crippen LogP contribution in [-0.4, -0.2) is 48.7 Å². The van der Waals surface area contributed by atoms with Crippen LogP contribution in [0.15, 0.2) is 12.1 Å². The first-order valence-electron chi connectivity index (χ1n) is 7.74. The smallest absolute Gasteiger partial charge is 0.409 e. The SMILES string of the molecule is CCCCOC(=O)N1CCN(c2cc(F)c([N+](=O)[O-])cc2F)CC1. The van der Waals surface area contributed by atoms with Crippen LogP contribution < -0.4 is 4.90 Å².